The smallest absolute Gasteiger partial charge is 0.181 e. The molecule has 17 heavy (non-hydrogen) atoms. The third-order valence-electron chi connectivity index (χ3n) is 2.15. The van der Waals surface area contributed by atoms with E-state index in [1.54, 1.807) is 24.3 Å². The van der Waals surface area contributed by atoms with Crippen LogP contribution in [0.15, 0.2) is 29.5 Å². The van der Waals surface area contributed by atoms with Crippen LogP contribution < -0.4 is 0 Å². The van der Waals surface area contributed by atoms with Crippen LogP contribution in [0.4, 0.5) is 0 Å². The Morgan fingerprint density at radius 2 is 1.94 bits per heavy atom. The number of benzene rings is 1. The molecule has 3 nitrogen and oxygen atoms in total. The highest BCUT2D eigenvalue weighted by Gasteiger charge is 2.16. The van der Waals surface area contributed by atoms with Crippen LogP contribution in [-0.2, 0) is 11.2 Å². The number of hydrogen-bond acceptors (Lipinski definition) is 3. The lowest BCUT2D eigenvalue weighted by Crippen LogP contribution is -2.08. The van der Waals surface area contributed by atoms with Crippen LogP contribution in [0.3, 0.4) is 0 Å². The molecule has 1 N–H and O–H groups in total. The Hall–Kier alpha value is -1.50. The molecule has 0 aromatic heterocycles. The number of hydrogen-bond donors (Lipinski definition) is 1. The third-order valence-corrected chi connectivity index (χ3v) is 2.86. The quantitative estimate of drug-likeness (QED) is 0.519. The molecule has 0 heterocycles. The molecule has 0 aliphatic carbocycles. The molecule has 88 valence electrons. The summed E-state index contributed by atoms with van der Waals surface area (Å²) in [6.45, 7) is 1.28. The molecule has 0 bridgehead atoms. The van der Waals surface area contributed by atoms with E-state index in [4.69, 9.17) is 33.6 Å². The van der Waals surface area contributed by atoms with Crippen molar-refractivity contribution in [2.45, 2.75) is 13.3 Å². The zero-order valence-corrected chi connectivity index (χ0v) is 10.5. The molecule has 0 saturated carbocycles. The van der Waals surface area contributed by atoms with Crippen LogP contribution in [0.2, 0.25) is 10.0 Å². The summed E-state index contributed by atoms with van der Waals surface area (Å²) >= 11 is 11.8. The summed E-state index contributed by atoms with van der Waals surface area (Å²) in [5.41, 5.74) is 0.177. The normalized spacial score (nSPS) is 11.6. The van der Waals surface area contributed by atoms with Gasteiger partial charge in [-0.1, -0.05) is 29.3 Å². The fraction of sp³-hybridized carbons (Fsp3) is 0.167. The molecular weight excluding hydrogens is 261 g/mol. The van der Waals surface area contributed by atoms with Crippen molar-refractivity contribution in [2.75, 3.05) is 0 Å². The summed E-state index contributed by atoms with van der Waals surface area (Å²) in [5.74, 6) is -0.817. The lowest BCUT2D eigenvalue weighted by atomic mass is 10.0. The van der Waals surface area contributed by atoms with E-state index >= 15 is 0 Å². The van der Waals surface area contributed by atoms with Gasteiger partial charge in [0.2, 0.25) is 0 Å². The van der Waals surface area contributed by atoms with Crippen LogP contribution in [0.25, 0.3) is 0 Å². The van der Waals surface area contributed by atoms with Crippen LogP contribution in [0, 0.1) is 11.3 Å². The van der Waals surface area contributed by atoms with Gasteiger partial charge in [0, 0.05) is 16.5 Å². The van der Waals surface area contributed by atoms with E-state index < -0.39 is 5.78 Å². The number of carbonyl (C=O) groups is 1. The molecule has 0 amide bonds. The highest BCUT2D eigenvalue weighted by Crippen LogP contribution is 2.25. The highest BCUT2D eigenvalue weighted by atomic mass is 35.5. The predicted molar refractivity (Wildman–Crippen MR) is 66.1 cm³/mol. The van der Waals surface area contributed by atoms with E-state index in [0.29, 0.717) is 15.6 Å². The van der Waals surface area contributed by atoms with Gasteiger partial charge in [0.1, 0.15) is 17.4 Å². The minimum atomic E-state index is -0.512. The molecular formula is C12H9Cl2NO2. The van der Waals surface area contributed by atoms with Gasteiger partial charge in [-0.25, -0.2) is 0 Å². The van der Waals surface area contributed by atoms with E-state index in [1.807, 2.05) is 0 Å². The average Bonchev–Trinajstić information content (AvgIpc) is 2.24. The van der Waals surface area contributed by atoms with Crippen molar-refractivity contribution in [3.8, 4) is 6.07 Å². The monoisotopic (exact) mass is 269 g/mol. The maximum atomic E-state index is 11.7. The van der Waals surface area contributed by atoms with Crippen molar-refractivity contribution < 1.29 is 9.90 Å². The summed E-state index contributed by atoms with van der Waals surface area (Å²) in [6, 6.07) is 6.54. The van der Waals surface area contributed by atoms with Gasteiger partial charge in [-0.05, 0) is 24.6 Å². The van der Waals surface area contributed by atoms with Crippen LogP contribution in [-0.4, -0.2) is 10.9 Å². The van der Waals surface area contributed by atoms with Crippen LogP contribution in [0.1, 0.15) is 12.5 Å². The lowest BCUT2D eigenvalue weighted by Gasteiger charge is -2.05. The molecule has 1 aromatic rings. The number of halogens is 2. The molecule has 0 saturated heterocycles. The van der Waals surface area contributed by atoms with Crippen molar-refractivity contribution in [3.05, 3.63) is 45.1 Å². The molecule has 0 unspecified atom stereocenters. The van der Waals surface area contributed by atoms with E-state index in [0.717, 1.165) is 0 Å². The first-order valence-corrected chi connectivity index (χ1v) is 5.49. The number of allylic oxidation sites excluding steroid dienone is 2. The molecule has 1 rings (SSSR count). The van der Waals surface area contributed by atoms with Crippen molar-refractivity contribution >= 4 is 29.0 Å². The topological polar surface area (TPSA) is 61.1 Å². The summed E-state index contributed by atoms with van der Waals surface area (Å²) in [5, 5.41) is 18.6. The van der Waals surface area contributed by atoms with Crippen molar-refractivity contribution in [3.63, 3.8) is 0 Å². The molecule has 0 atom stereocenters. The number of nitriles is 1. The largest absolute Gasteiger partial charge is 0.511 e. The molecule has 5 heteroatoms. The second-order valence-electron chi connectivity index (χ2n) is 3.37. The first-order chi connectivity index (χ1) is 7.97. The highest BCUT2D eigenvalue weighted by molar-refractivity contribution is 6.36. The lowest BCUT2D eigenvalue weighted by molar-refractivity contribution is -0.114. The average molecular weight is 270 g/mol. The number of ketones is 1. The van der Waals surface area contributed by atoms with Crippen LogP contribution in [0.5, 0.6) is 0 Å². The Kier molecular flexibility index (Phi) is 4.56. The molecule has 0 aliphatic rings. The number of rotatable bonds is 3. The molecule has 1 aromatic carbocycles. The molecule has 0 aliphatic heterocycles. The number of nitrogens with zero attached hydrogens (tertiary/aromatic N) is 1. The van der Waals surface area contributed by atoms with E-state index in [1.165, 1.54) is 6.92 Å². The van der Waals surface area contributed by atoms with Crippen molar-refractivity contribution in [2.24, 2.45) is 0 Å². The maximum Gasteiger partial charge on any atom is 0.181 e. The molecule has 0 radical (unpaired) electrons. The summed E-state index contributed by atoms with van der Waals surface area (Å²) in [7, 11) is 0. The summed E-state index contributed by atoms with van der Waals surface area (Å²) in [6.07, 6.45) is -0.112. The Bertz CT molecular complexity index is 506. The van der Waals surface area contributed by atoms with Gasteiger partial charge in [0.25, 0.3) is 0 Å². The van der Waals surface area contributed by atoms with Gasteiger partial charge in [-0.3, -0.25) is 4.79 Å². The second kappa shape index (κ2) is 5.72. The Morgan fingerprint density at radius 3 is 2.35 bits per heavy atom. The first-order valence-electron chi connectivity index (χ1n) is 4.73. The van der Waals surface area contributed by atoms with Gasteiger partial charge in [-0.15, -0.1) is 0 Å². The van der Waals surface area contributed by atoms with Crippen LogP contribution >= 0.6 is 23.2 Å². The SMILES string of the molecule is CC(O)=C(C#N)C(=O)Cc1c(Cl)cccc1Cl. The van der Waals surface area contributed by atoms with Gasteiger partial charge >= 0.3 is 0 Å². The van der Waals surface area contributed by atoms with Gasteiger partial charge < -0.3 is 5.11 Å². The zero-order chi connectivity index (χ0) is 13.0. The number of carbonyl (C=O) groups excluding carboxylic acids is 1. The Labute approximate surface area is 109 Å². The minimum absolute atomic E-state index is 0.112. The fourth-order valence-corrected chi connectivity index (χ4v) is 1.83. The predicted octanol–water partition coefficient (Wildman–Crippen LogP) is 3.46. The second-order valence-corrected chi connectivity index (χ2v) is 4.19. The van der Waals surface area contributed by atoms with Crippen molar-refractivity contribution in [1.29, 1.82) is 5.26 Å². The van der Waals surface area contributed by atoms with Crippen molar-refractivity contribution in [1.82, 2.24) is 0 Å². The molecule has 0 fully saturated rings. The first kappa shape index (κ1) is 13.6. The summed E-state index contributed by atoms with van der Waals surface area (Å²) < 4.78 is 0. The Morgan fingerprint density at radius 1 is 1.41 bits per heavy atom. The standard InChI is InChI=1S/C12H9Cl2NO2/c1-7(16)9(6-15)12(17)5-8-10(13)3-2-4-11(8)14/h2-4,16H,5H2,1H3. The Balaban J connectivity index is 3.05. The van der Waals surface area contributed by atoms with Gasteiger partial charge in [0.15, 0.2) is 5.78 Å². The maximum absolute atomic E-state index is 11.7. The van der Waals surface area contributed by atoms with E-state index in [9.17, 15) is 4.79 Å². The number of aliphatic hydroxyl groups is 1. The van der Waals surface area contributed by atoms with Gasteiger partial charge in [-0.2, -0.15) is 5.26 Å². The van der Waals surface area contributed by atoms with E-state index in [-0.39, 0.29) is 17.8 Å². The molecule has 0 spiro atoms. The third kappa shape index (κ3) is 3.23. The fourth-order valence-electron chi connectivity index (χ4n) is 1.30. The summed E-state index contributed by atoms with van der Waals surface area (Å²) in [4.78, 5) is 11.7. The minimum Gasteiger partial charge on any atom is -0.511 e. The zero-order valence-electron chi connectivity index (χ0n) is 9.00. The van der Waals surface area contributed by atoms with Gasteiger partial charge in [0.05, 0.1) is 0 Å². The number of Topliss-reactive ketones (excluding diaryl/α,β-unsaturated/α-hetero) is 1. The van der Waals surface area contributed by atoms with E-state index in [2.05, 4.69) is 0 Å². The number of aliphatic hydroxyl groups excluding tert-OH is 1.